The molecule has 2 aliphatic heterocycles. The van der Waals surface area contributed by atoms with Crippen LogP contribution in [0, 0.1) is 0 Å². The summed E-state index contributed by atoms with van der Waals surface area (Å²) < 4.78 is 1.81. The van der Waals surface area contributed by atoms with Crippen molar-refractivity contribution in [1.82, 2.24) is 0 Å². The van der Waals surface area contributed by atoms with E-state index in [1.807, 2.05) is 11.1 Å². The summed E-state index contributed by atoms with van der Waals surface area (Å²) in [5.74, 6) is 0. The summed E-state index contributed by atoms with van der Waals surface area (Å²) in [6.07, 6.45) is 7.80. The summed E-state index contributed by atoms with van der Waals surface area (Å²) >= 11 is -2.51. The number of halogens is 2. The Labute approximate surface area is 203 Å². The average Bonchev–Trinajstić information content (AvgIpc) is 3.51. The maximum absolute atomic E-state index is 2.64. The largest absolute Gasteiger partial charge is 1.00 e. The first kappa shape index (κ1) is 24.0. The van der Waals surface area contributed by atoms with Gasteiger partial charge in [0, 0.05) is 0 Å². The van der Waals surface area contributed by atoms with Crippen LogP contribution in [0.4, 0.5) is 0 Å². The van der Waals surface area contributed by atoms with Crippen molar-refractivity contribution in [1.29, 1.82) is 0 Å². The zero-order valence-electron chi connectivity index (χ0n) is 18.4. The van der Waals surface area contributed by atoms with Crippen molar-refractivity contribution in [2.45, 2.75) is 58.1 Å². The van der Waals surface area contributed by atoms with E-state index in [1.165, 1.54) is 12.8 Å². The Morgan fingerprint density at radius 2 is 1.06 bits per heavy atom. The number of hydrogen-bond donors (Lipinski definition) is 0. The number of benzene rings is 2. The van der Waals surface area contributed by atoms with Gasteiger partial charge in [-0.3, -0.25) is 0 Å². The van der Waals surface area contributed by atoms with Crippen LogP contribution in [-0.4, -0.2) is 10.9 Å². The van der Waals surface area contributed by atoms with Crippen LogP contribution >= 0.6 is 0 Å². The Morgan fingerprint density at radius 1 is 0.677 bits per heavy atom. The van der Waals surface area contributed by atoms with Crippen LogP contribution in [0.5, 0.6) is 0 Å². The summed E-state index contributed by atoms with van der Waals surface area (Å²) in [6, 6.07) is 25.8. The summed E-state index contributed by atoms with van der Waals surface area (Å²) in [6.45, 7) is 4.88. The Balaban J connectivity index is 0.00000116. The van der Waals surface area contributed by atoms with Gasteiger partial charge in [-0.15, -0.1) is 0 Å². The minimum Gasteiger partial charge on any atom is -1.00 e. The van der Waals surface area contributed by atoms with E-state index in [0.29, 0.717) is 0 Å². The van der Waals surface area contributed by atoms with Crippen molar-refractivity contribution in [3.05, 3.63) is 81.9 Å². The monoisotopic (exact) mass is 558 g/mol. The molecule has 6 rings (SSSR count). The van der Waals surface area contributed by atoms with Gasteiger partial charge in [0.25, 0.3) is 0 Å². The minimum atomic E-state index is -2.51. The van der Waals surface area contributed by atoms with Crippen LogP contribution in [0.3, 0.4) is 0 Å². The van der Waals surface area contributed by atoms with E-state index in [-0.39, 0.29) is 35.7 Å². The van der Waals surface area contributed by atoms with Gasteiger partial charge in [-0.2, -0.15) is 0 Å². The SMILES string of the molecule is CCC1=Cc2ccccc2[CH]1[Zr+2]1([CH]2C(CC)=Cc3ccccc32)=[Si]2CC[Si]=1CC2.[Cl-].[Cl-]. The maximum Gasteiger partial charge on any atom is -1.00 e. The first-order valence-electron chi connectivity index (χ1n) is 11.6. The molecule has 0 aromatic heterocycles. The molecule has 31 heavy (non-hydrogen) atoms. The summed E-state index contributed by atoms with van der Waals surface area (Å²) in [5.41, 5.74) is 10.1. The van der Waals surface area contributed by atoms with Crippen molar-refractivity contribution in [2.24, 2.45) is 0 Å². The molecule has 0 saturated carbocycles. The van der Waals surface area contributed by atoms with Gasteiger partial charge in [0.2, 0.25) is 0 Å². The smallest absolute Gasteiger partial charge is 1.00 e. The Kier molecular flexibility index (Phi) is 7.13. The molecule has 2 aliphatic carbocycles. The van der Waals surface area contributed by atoms with Crippen molar-refractivity contribution < 1.29 is 42.3 Å². The molecule has 0 spiro atoms. The van der Waals surface area contributed by atoms with Crippen molar-refractivity contribution in [3.8, 4) is 0 Å². The Hall–Kier alpha value is -0.183. The molecule has 4 aliphatic rings. The zero-order chi connectivity index (χ0) is 19.6. The second-order valence-electron chi connectivity index (χ2n) is 9.35. The molecule has 2 bridgehead atoms. The molecule has 2 unspecified atom stereocenters. The number of rotatable bonds is 4. The van der Waals surface area contributed by atoms with Gasteiger partial charge < -0.3 is 24.8 Å². The molecule has 2 atom stereocenters. The second-order valence-corrected chi connectivity index (χ2v) is 44.0. The number of allylic oxidation sites excluding steroid dienone is 2. The van der Waals surface area contributed by atoms with Gasteiger partial charge in [0.1, 0.15) is 0 Å². The molecule has 2 aromatic carbocycles. The third-order valence-electron chi connectivity index (χ3n) is 8.39. The Morgan fingerprint density at radius 3 is 1.45 bits per heavy atom. The first-order valence-corrected chi connectivity index (χ1v) is 25.6. The molecule has 2 heterocycles. The normalized spacial score (nSPS) is 22.1. The zero-order valence-corrected chi connectivity index (χ0v) is 24.4. The Bertz CT molecular complexity index is 1120. The molecule has 0 amide bonds. The third kappa shape index (κ3) is 3.28. The number of hydrogen-bond acceptors (Lipinski definition) is 0. The number of fused-ring (bicyclic) bond motifs is 2. The molecular weight excluding hydrogens is 531 g/mol. The molecule has 5 heteroatoms. The van der Waals surface area contributed by atoms with E-state index in [1.54, 1.807) is 46.4 Å². The topological polar surface area (TPSA) is 0 Å². The molecule has 160 valence electrons. The minimum absolute atomic E-state index is 0. The van der Waals surface area contributed by atoms with Crippen LogP contribution in [0.15, 0.2) is 59.7 Å². The van der Waals surface area contributed by atoms with Gasteiger partial charge in [0.05, 0.1) is 0 Å². The predicted octanol–water partition coefficient (Wildman–Crippen LogP) is 1.26. The summed E-state index contributed by atoms with van der Waals surface area (Å²) in [7, 11) is 0. The van der Waals surface area contributed by atoms with E-state index >= 15 is 0 Å². The van der Waals surface area contributed by atoms with E-state index < -0.39 is 17.5 Å². The maximum atomic E-state index is 2.64. The fraction of sp³-hybridized carbons (Fsp3) is 0.385. The van der Waals surface area contributed by atoms with Crippen LogP contribution in [-0.2, 0) is 17.5 Å². The summed E-state index contributed by atoms with van der Waals surface area (Å²) in [5, 5.41) is 0. The standard InChI is InChI=1S/2C11H11.C4H8Si2.2ClH.Zr/c2*1-2-9-7-10-5-3-4-6-11(10)8-9;1-2-6-4-3-5-1;;;/h2*3-8H,2H2,1H3;1-4H2;2*1H;/q;;;;;+2/p-2. The fourth-order valence-corrected chi connectivity index (χ4v) is 90.1. The average molecular weight is 561 g/mol. The predicted molar refractivity (Wildman–Crippen MR) is 126 cm³/mol. The van der Waals surface area contributed by atoms with Crippen LogP contribution in [0.25, 0.3) is 12.2 Å². The quantitative estimate of drug-likeness (QED) is 0.494. The van der Waals surface area contributed by atoms with Crippen molar-refractivity contribution in [2.75, 3.05) is 0 Å². The molecule has 0 fully saturated rings. The van der Waals surface area contributed by atoms with Gasteiger partial charge in [-0.25, -0.2) is 0 Å². The van der Waals surface area contributed by atoms with Crippen LogP contribution in [0.1, 0.15) is 56.2 Å². The van der Waals surface area contributed by atoms with Crippen LogP contribution < -0.4 is 24.8 Å². The van der Waals surface area contributed by atoms with Gasteiger partial charge >= 0.3 is 181 Å². The fourth-order valence-electron chi connectivity index (χ4n) is 7.38. The molecule has 0 radical (unpaired) electrons. The van der Waals surface area contributed by atoms with E-state index in [4.69, 9.17) is 0 Å². The first-order chi connectivity index (χ1) is 14.3. The van der Waals surface area contributed by atoms with Gasteiger partial charge in [-0.1, -0.05) is 0 Å². The third-order valence-corrected chi connectivity index (χ3v) is 67.0. The van der Waals surface area contributed by atoms with Crippen molar-refractivity contribution in [3.63, 3.8) is 0 Å². The molecule has 0 saturated heterocycles. The van der Waals surface area contributed by atoms with Gasteiger partial charge in [-0.05, 0) is 0 Å². The van der Waals surface area contributed by atoms with Crippen molar-refractivity contribution >= 4 is 23.0 Å². The molecular formula is C26H30Cl2Si2Zr. The van der Waals surface area contributed by atoms with Crippen LogP contribution in [0.2, 0.25) is 24.2 Å². The molecule has 2 aromatic rings. The molecule has 0 nitrogen and oxygen atoms in total. The van der Waals surface area contributed by atoms with E-state index in [0.717, 1.165) is 7.25 Å². The van der Waals surface area contributed by atoms with E-state index in [2.05, 4.69) is 74.5 Å². The second kappa shape index (κ2) is 9.22. The molecule has 0 N–H and O–H groups in total. The van der Waals surface area contributed by atoms with Gasteiger partial charge in [0.15, 0.2) is 0 Å². The van der Waals surface area contributed by atoms with E-state index in [9.17, 15) is 0 Å². The summed E-state index contributed by atoms with van der Waals surface area (Å²) in [4.78, 5) is 0.